The van der Waals surface area contributed by atoms with Gasteiger partial charge in [-0.3, -0.25) is 4.79 Å². The van der Waals surface area contributed by atoms with Gasteiger partial charge in [-0.15, -0.1) is 0 Å². The Morgan fingerprint density at radius 1 is 1.37 bits per heavy atom. The number of hydrogen-bond acceptors (Lipinski definition) is 4. The maximum Gasteiger partial charge on any atom is 0.244 e. The molecule has 0 aliphatic heterocycles. The highest BCUT2D eigenvalue weighted by Crippen LogP contribution is 2.18. The fourth-order valence-corrected chi connectivity index (χ4v) is 2.69. The quantitative estimate of drug-likeness (QED) is 0.698. The van der Waals surface area contributed by atoms with Crippen molar-refractivity contribution in [2.24, 2.45) is 11.5 Å². The second-order valence-corrected chi connectivity index (χ2v) is 5.74. The van der Waals surface area contributed by atoms with Gasteiger partial charge in [-0.2, -0.15) is 4.31 Å². The second kappa shape index (κ2) is 6.33. The van der Waals surface area contributed by atoms with E-state index in [9.17, 15) is 13.2 Å². The molecule has 1 rings (SSSR count). The minimum atomic E-state index is -3.81. The maximum atomic E-state index is 12.3. The molecule has 6 nitrogen and oxygen atoms in total. The van der Waals surface area contributed by atoms with Gasteiger partial charge in [0.15, 0.2) is 0 Å². The van der Waals surface area contributed by atoms with E-state index in [0.29, 0.717) is 5.56 Å². The lowest BCUT2D eigenvalue weighted by Gasteiger charge is -2.16. The predicted molar refractivity (Wildman–Crippen MR) is 71.4 cm³/mol. The fourth-order valence-electron chi connectivity index (χ4n) is 1.41. The Morgan fingerprint density at radius 3 is 2.58 bits per heavy atom. The zero-order valence-electron chi connectivity index (χ0n) is 10.5. The van der Waals surface area contributed by atoms with Gasteiger partial charge in [0.05, 0.1) is 18.0 Å². The van der Waals surface area contributed by atoms with Crippen LogP contribution in [0.15, 0.2) is 29.2 Å². The lowest BCUT2D eigenvalue weighted by Crippen LogP contribution is -2.35. The van der Waals surface area contributed by atoms with E-state index in [1.54, 1.807) is 18.2 Å². The van der Waals surface area contributed by atoms with Gasteiger partial charge >= 0.3 is 0 Å². The number of carbonyl (C=O) groups excluding carboxylic acids is 1. The number of likely N-dealkylation sites (N-methyl/N-ethyl adjacent to an activating group) is 1. The molecule has 0 saturated carbocycles. The Labute approximate surface area is 112 Å². The highest BCUT2D eigenvalue weighted by molar-refractivity contribution is 7.89. The number of nitrogens with zero attached hydrogens (tertiary/aromatic N) is 1. The number of carbonyl (C=O) groups is 1. The zero-order chi connectivity index (χ0) is 14.5. The van der Waals surface area contributed by atoms with Crippen molar-refractivity contribution in [3.05, 3.63) is 29.8 Å². The molecule has 0 atom stereocenters. The van der Waals surface area contributed by atoms with E-state index < -0.39 is 15.9 Å². The average molecular weight is 281 g/mol. The van der Waals surface area contributed by atoms with Crippen molar-refractivity contribution in [1.29, 1.82) is 0 Å². The van der Waals surface area contributed by atoms with E-state index in [0.717, 1.165) is 4.31 Å². The van der Waals surface area contributed by atoms with Crippen LogP contribution < -0.4 is 11.5 Å². The highest BCUT2D eigenvalue weighted by Gasteiger charge is 2.24. The van der Waals surface area contributed by atoms with Crippen molar-refractivity contribution in [2.45, 2.75) is 4.90 Å². The first-order chi connectivity index (χ1) is 8.89. The van der Waals surface area contributed by atoms with Crippen LogP contribution in [0, 0.1) is 11.8 Å². The molecular formula is C12H15N3O3S. The fraction of sp³-hybridized carbons (Fsp3) is 0.250. The Kier molecular flexibility index (Phi) is 5.06. The minimum Gasteiger partial charge on any atom is -0.369 e. The molecule has 19 heavy (non-hydrogen) atoms. The lowest BCUT2D eigenvalue weighted by molar-refractivity contribution is -0.118. The normalized spacial score (nSPS) is 10.9. The van der Waals surface area contributed by atoms with E-state index in [-0.39, 0.29) is 18.0 Å². The van der Waals surface area contributed by atoms with Crippen molar-refractivity contribution in [3.63, 3.8) is 0 Å². The number of hydrogen-bond donors (Lipinski definition) is 2. The third kappa shape index (κ3) is 3.79. The largest absolute Gasteiger partial charge is 0.369 e. The SMILES string of the molecule is CN(CC(N)=O)S(=O)(=O)c1ccccc1C#CCN. The summed E-state index contributed by atoms with van der Waals surface area (Å²) in [6.45, 7) is -0.257. The van der Waals surface area contributed by atoms with Crippen LogP contribution in [0.2, 0.25) is 0 Å². The van der Waals surface area contributed by atoms with Crippen LogP contribution in [0.4, 0.5) is 0 Å². The molecule has 1 aromatic carbocycles. The first kappa shape index (κ1) is 15.2. The van der Waals surface area contributed by atoms with Crippen LogP contribution >= 0.6 is 0 Å². The van der Waals surface area contributed by atoms with Gasteiger partial charge in [-0.1, -0.05) is 24.0 Å². The molecule has 0 heterocycles. The molecule has 1 amide bonds. The number of primary amides is 1. The van der Waals surface area contributed by atoms with Crippen LogP contribution in [0.5, 0.6) is 0 Å². The minimum absolute atomic E-state index is 0.0275. The molecule has 0 aliphatic carbocycles. The molecule has 0 bridgehead atoms. The Hall–Kier alpha value is -1.88. The van der Waals surface area contributed by atoms with Gasteiger partial charge in [-0.25, -0.2) is 8.42 Å². The zero-order valence-corrected chi connectivity index (χ0v) is 11.3. The molecule has 7 heteroatoms. The summed E-state index contributed by atoms with van der Waals surface area (Å²) < 4.78 is 25.4. The molecule has 4 N–H and O–H groups in total. The van der Waals surface area contributed by atoms with E-state index in [4.69, 9.17) is 11.5 Å². The lowest BCUT2D eigenvalue weighted by atomic mass is 10.2. The Balaban J connectivity index is 3.25. The smallest absolute Gasteiger partial charge is 0.244 e. The van der Waals surface area contributed by atoms with Gasteiger partial charge in [-0.05, 0) is 12.1 Å². The summed E-state index contributed by atoms with van der Waals surface area (Å²) in [5, 5.41) is 0. The van der Waals surface area contributed by atoms with Gasteiger partial charge in [0.1, 0.15) is 0 Å². The molecule has 0 aliphatic rings. The summed E-state index contributed by atoms with van der Waals surface area (Å²) in [6.07, 6.45) is 0. The Bertz CT molecular complexity index is 629. The van der Waals surface area contributed by atoms with Crippen LogP contribution in [0.25, 0.3) is 0 Å². The molecule has 0 aromatic heterocycles. The third-order valence-electron chi connectivity index (χ3n) is 2.28. The van der Waals surface area contributed by atoms with E-state index in [1.807, 2.05) is 0 Å². The van der Waals surface area contributed by atoms with Crippen molar-refractivity contribution in [3.8, 4) is 11.8 Å². The summed E-state index contributed by atoms with van der Waals surface area (Å²) in [5.74, 6) is 4.56. The number of rotatable bonds is 4. The number of sulfonamides is 1. The summed E-state index contributed by atoms with van der Waals surface area (Å²) in [7, 11) is -2.52. The van der Waals surface area contributed by atoms with Gasteiger partial charge in [0.25, 0.3) is 0 Å². The summed E-state index contributed by atoms with van der Waals surface area (Å²) >= 11 is 0. The van der Waals surface area contributed by atoms with Crippen molar-refractivity contribution >= 4 is 15.9 Å². The Morgan fingerprint density at radius 2 is 2.00 bits per heavy atom. The number of amides is 1. The highest BCUT2D eigenvalue weighted by atomic mass is 32.2. The third-order valence-corrected chi connectivity index (χ3v) is 4.14. The summed E-state index contributed by atoms with van der Waals surface area (Å²) in [6, 6.07) is 6.26. The molecular weight excluding hydrogens is 266 g/mol. The number of nitrogens with two attached hydrogens (primary N) is 2. The van der Waals surface area contributed by atoms with E-state index >= 15 is 0 Å². The van der Waals surface area contributed by atoms with E-state index in [1.165, 1.54) is 13.1 Å². The summed E-state index contributed by atoms with van der Waals surface area (Å²) in [5.41, 5.74) is 10.6. The maximum absolute atomic E-state index is 12.3. The first-order valence-corrected chi connectivity index (χ1v) is 6.86. The van der Waals surface area contributed by atoms with Crippen LogP contribution in [0.3, 0.4) is 0 Å². The average Bonchev–Trinajstić information content (AvgIpc) is 2.35. The van der Waals surface area contributed by atoms with Gasteiger partial charge < -0.3 is 11.5 Å². The standard InChI is InChI=1S/C12H15N3O3S/c1-15(9-12(14)16)19(17,18)11-7-3-2-5-10(11)6-4-8-13/h2-3,5,7H,8-9,13H2,1H3,(H2,14,16). The molecule has 0 fully saturated rings. The molecule has 1 aromatic rings. The summed E-state index contributed by atoms with van der Waals surface area (Å²) in [4.78, 5) is 10.8. The van der Waals surface area contributed by atoms with Gasteiger partial charge in [0.2, 0.25) is 15.9 Å². The number of benzene rings is 1. The van der Waals surface area contributed by atoms with Crippen LogP contribution in [-0.2, 0) is 14.8 Å². The second-order valence-electron chi connectivity index (χ2n) is 3.73. The van der Waals surface area contributed by atoms with Crippen molar-refractivity contribution in [1.82, 2.24) is 4.31 Å². The van der Waals surface area contributed by atoms with Crippen LogP contribution in [0.1, 0.15) is 5.56 Å². The first-order valence-electron chi connectivity index (χ1n) is 5.42. The molecule has 0 unspecified atom stereocenters. The monoisotopic (exact) mass is 281 g/mol. The van der Waals surface area contributed by atoms with Crippen LogP contribution in [-0.4, -0.2) is 38.8 Å². The topological polar surface area (TPSA) is 106 Å². The molecule has 102 valence electrons. The molecule has 0 spiro atoms. The van der Waals surface area contributed by atoms with E-state index in [2.05, 4.69) is 11.8 Å². The van der Waals surface area contributed by atoms with Crippen molar-refractivity contribution in [2.75, 3.05) is 20.1 Å². The molecule has 0 radical (unpaired) electrons. The predicted octanol–water partition coefficient (Wildman–Crippen LogP) is -0.897. The van der Waals surface area contributed by atoms with Gasteiger partial charge in [0, 0.05) is 12.6 Å². The molecule has 0 saturated heterocycles. The van der Waals surface area contributed by atoms with Crippen molar-refractivity contribution < 1.29 is 13.2 Å².